The van der Waals surface area contributed by atoms with Crippen LogP contribution in [0, 0.1) is 0 Å². The highest BCUT2D eigenvalue weighted by Crippen LogP contribution is 2.52. The highest BCUT2D eigenvalue weighted by Gasteiger charge is 2.30. The number of benzene rings is 2. The molecule has 1 fully saturated rings. The van der Waals surface area contributed by atoms with E-state index in [9.17, 15) is 0 Å². The van der Waals surface area contributed by atoms with Gasteiger partial charge in [-0.3, -0.25) is 0 Å². The van der Waals surface area contributed by atoms with Gasteiger partial charge in [0, 0.05) is 6.04 Å². The number of rotatable bonds is 4. The molecule has 0 saturated heterocycles. The standard InChI is InChI=1S/C18H15N3S2/c1-3-7-14-12(5-1)13-6-2-4-8-15(13)16(14)22-18-21-20-17(23-18)19-11-9-10-11/h1-8,11,16H,9-10H2,(H,19,20). The molecule has 5 rings (SSSR count). The zero-order valence-electron chi connectivity index (χ0n) is 12.4. The zero-order valence-corrected chi connectivity index (χ0v) is 14.0. The molecule has 5 heteroatoms. The van der Waals surface area contributed by atoms with E-state index in [1.807, 2.05) is 11.8 Å². The third-order valence-corrected chi connectivity index (χ3v) is 6.52. The van der Waals surface area contributed by atoms with E-state index in [0.29, 0.717) is 11.3 Å². The first-order valence-electron chi connectivity index (χ1n) is 7.83. The van der Waals surface area contributed by atoms with Crippen LogP contribution < -0.4 is 5.32 Å². The van der Waals surface area contributed by atoms with Crippen molar-refractivity contribution in [3.05, 3.63) is 59.7 Å². The summed E-state index contributed by atoms with van der Waals surface area (Å²) in [6.07, 6.45) is 2.51. The summed E-state index contributed by atoms with van der Waals surface area (Å²) in [5, 5.41) is 13.4. The lowest BCUT2D eigenvalue weighted by molar-refractivity contribution is 0.991. The first-order valence-corrected chi connectivity index (χ1v) is 9.53. The SMILES string of the molecule is c1ccc2c(c1)-c1ccccc1C2Sc1nnc(NC2CC2)s1. The molecule has 114 valence electrons. The molecule has 2 aliphatic rings. The van der Waals surface area contributed by atoms with Gasteiger partial charge in [-0.05, 0) is 35.1 Å². The topological polar surface area (TPSA) is 37.8 Å². The maximum Gasteiger partial charge on any atom is 0.206 e. The van der Waals surface area contributed by atoms with E-state index in [1.165, 1.54) is 35.1 Å². The van der Waals surface area contributed by atoms with Gasteiger partial charge < -0.3 is 5.32 Å². The van der Waals surface area contributed by atoms with Crippen LogP contribution in [0.2, 0.25) is 0 Å². The number of hydrogen-bond acceptors (Lipinski definition) is 5. The highest BCUT2D eigenvalue weighted by atomic mass is 32.2. The molecule has 0 unspecified atom stereocenters. The minimum Gasteiger partial charge on any atom is -0.357 e. The van der Waals surface area contributed by atoms with Crippen LogP contribution in [0.5, 0.6) is 0 Å². The molecule has 0 amide bonds. The normalized spacial score (nSPS) is 16.2. The Hall–Kier alpha value is -1.85. The van der Waals surface area contributed by atoms with Gasteiger partial charge in [-0.15, -0.1) is 10.2 Å². The summed E-state index contributed by atoms with van der Waals surface area (Å²) >= 11 is 3.48. The first-order chi connectivity index (χ1) is 11.4. The highest BCUT2D eigenvalue weighted by molar-refractivity contribution is 8.01. The van der Waals surface area contributed by atoms with E-state index in [1.54, 1.807) is 11.3 Å². The van der Waals surface area contributed by atoms with Crippen LogP contribution in [-0.4, -0.2) is 16.2 Å². The minimum absolute atomic E-state index is 0.309. The molecular formula is C18H15N3S2. The van der Waals surface area contributed by atoms with Crippen molar-refractivity contribution in [1.29, 1.82) is 0 Å². The Kier molecular flexibility index (Phi) is 3.16. The van der Waals surface area contributed by atoms with Crippen LogP contribution >= 0.6 is 23.1 Å². The molecule has 1 aromatic heterocycles. The van der Waals surface area contributed by atoms with Crippen LogP contribution in [0.3, 0.4) is 0 Å². The maximum absolute atomic E-state index is 4.38. The van der Waals surface area contributed by atoms with Gasteiger partial charge in [-0.25, -0.2) is 0 Å². The van der Waals surface area contributed by atoms with Crippen molar-refractivity contribution in [1.82, 2.24) is 10.2 Å². The summed E-state index contributed by atoms with van der Waals surface area (Å²) < 4.78 is 1.03. The molecule has 0 aliphatic heterocycles. The quantitative estimate of drug-likeness (QED) is 0.729. The van der Waals surface area contributed by atoms with Crippen molar-refractivity contribution < 1.29 is 0 Å². The van der Waals surface area contributed by atoms with Gasteiger partial charge in [0.15, 0.2) is 4.34 Å². The number of nitrogens with zero attached hydrogens (tertiary/aromatic N) is 2. The monoisotopic (exact) mass is 337 g/mol. The van der Waals surface area contributed by atoms with E-state index in [2.05, 4.69) is 64.0 Å². The summed E-state index contributed by atoms with van der Waals surface area (Å²) in [5.41, 5.74) is 5.46. The Labute approximate surface area is 143 Å². The molecule has 2 aromatic carbocycles. The lowest BCUT2D eigenvalue weighted by Gasteiger charge is -2.10. The Morgan fingerprint density at radius 1 is 0.913 bits per heavy atom. The lowest BCUT2D eigenvalue weighted by atomic mass is 10.1. The van der Waals surface area contributed by atoms with Gasteiger partial charge in [0.1, 0.15) is 0 Å². The fourth-order valence-electron chi connectivity index (χ4n) is 3.06. The maximum atomic E-state index is 4.38. The molecule has 0 radical (unpaired) electrons. The Bertz CT molecular complexity index is 824. The molecule has 0 bridgehead atoms. The molecule has 3 aromatic rings. The van der Waals surface area contributed by atoms with Gasteiger partial charge >= 0.3 is 0 Å². The van der Waals surface area contributed by atoms with Gasteiger partial charge in [0.05, 0.1) is 5.25 Å². The number of anilines is 1. The van der Waals surface area contributed by atoms with Crippen LogP contribution in [0.15, 0.2) is 52.9 Å². The van der Waals surface area contributed by atoms with E-state index >= 15 is 0 Å². The van der Waals surface area contributed by atoms with Crippen molar-refractivity contribution in [3.8, 4) is 11.1 Å². The molecule has 1 saturated carbocycles. The summed E-state index contributed by atoms with van der Waals surface area (Å²) in [6.45, 7) is 0. The predicted molar refractivity (Wildman–Crippen MR) is 96.1 cm³/mol. The Morgan fingerprint density at radius 3 is 2.22 bits per heavy atom. The molecule has 2 aliphatic carbocycles. The number of fused-ring (bicyclic) bond motifs is 3. The van der Waals surface area contributed by atoms with E-state index < -0.39 is 0 Å². The van der Waals surface area contributed by atoms with Crippen molar-refractivity contribution >= 4 is 28.2 Å². The minimum atomic E-state index is 0.309. The second-order valence-corrected chi connectivity index (χ2v) is 8.29. The van der Waals surface area contributed by atoms with Crippen molar-refractivity contribution in [2.75, 3.05) is 5.32 Å². The van der Waals surface area contributed by atoms with E-state index in [0.717, 1.165) is 9.47 Å². The predicted octanol–water partition coefficient (Wildman–Crippen LogP) is 4.97. The second kappa shape index (κ2) is 5.35. The Balaban J connectivity index is 1.48. The summed E-state index contributed by atoms with van der Waals surface area (Å²) in [7, 11) is 0. The van der Waals surface area contributed by atoms with Crippen LogP contribution in [0.1, 0.15) is 29.2 Å². The van der Waals surface area contributed by atoms with Crippen molar-refractivity contribution in [3.63, 3.8) is 0 Å². The summed E-state index contributed by atoms with van der Waals surface area (Å²) in [4.78, 5) is 0. The number of nitrogens with one attached hydrogen (secondary N) is 1. The number of thioether (sulfide) groups is 1. The van der Waals surface area contributed by atoms with E-state index in [4.69, 9.17) is 0 Å². The Morgan fingerprint density at radius 2 is 1.57 bits per heavy atom. The smallest absolute Gasteiger partial charge is 0.206 e. The molecular weight excluding hydrogens is 322 g/mol. The average molecular weight is 337 g/mol. The lowest BCUT2D eigenvalue weighted by Crippen LogP contribution is -1.99. The zero-order chi connectivity index (χ0) is 15.2. The number of aromatic nitrogens is 2. The van der Waals surface area contributed by atoms with Crippen LogP contribution in [-0.2, 0) is 0 Å². The van der Waals surface area contributed by atoms with Crippen molar-refractivity contribution in [2.45, 2.75) is 28.5 Å². The molecule has 0 atom stereocenters. The summed E-state index contributed by atoms with van der Waals surface area (Å²) in [6, 6.07) is 18.0. The van der Waals surface area contributed by atoms with Gasteiger partial charge in [0.25, 0.3) is 0 Å². The molecule has 23 heavy (non-hydrogen) atoms. The van der Waals surface area contributed by atoms with Crippen molar-refractivity contribution in [2.24, 2.45) is 0 Å². The first kappa shape index (κ1) is 13.6. The summed E-state index contributed by atoms with van der Waals surface area (Å²) in [5.74, 6) is 0. The molecule has 0 spiro atoms. The van der Waals surface area contributed by atoms with Crippen LogP contribution in [0.4, 0.5) is 5.13 Å². The van der Waals surface area contributed by atoms with Crippen LogP contribution in [0.25, 0.3) is 11.1 Å². The van der Waals surface area contributed by atoms with Gasteiger partial charge in [-0.1, -0.05) is 71.6 Å². The fourth-order valence-corrected chi connectivity index (χ4v) is 5.28. The third-order valence-electron chi connectivity index (χ3n) is 4.31. The average Bonchev–Trinajstić information content (AvgIpc) is 3.21. The third kappa shape index (κ3) is 2.44. The van der Waals surface area contributed by atoms with Gasteiger partial charge in [0.2, 0.25) is 5.13 Å². The fraction of sp³-hybridized carbons (Fsp3) is 0.222. The molecule has 1 N–H and O–H groups in total. The largest absolute Gasteiger partial charge is 0.357 e. The van der Waals surface area contributed by atoms with Gasteiger partial charge in [-0.2, -0.15) is 0 Å². The second-order valence-electron chi connectivity index (χ2n) is 5.96. The number of hydrogen-bond donors (Lipinski definition) is 1. The van der Waals surface area contributed by atoms with E-state index in [-0.39, 0.29) is 0 Å². The molecule has 3 nitrogen and oxygen atoms in total. The molecule has 1 heterocycles.